The summed E-state index contributed by atoms with van der Waals surface area (Å²) in [6.45, 7) is 3.21. The summed E-state index contributed by atoms with van der Waals surface area (Å²) < 4.78 is 0. The van der Waals surface area contributed by atoms with Gasteiger partial charge >= 0.3 is 0 Å². The summed E-state index contributed by atoms with van der Waals surface area (Å²) in [5.74, 6) is 0. The Balaban J connectivity index is 2.13. The molecule has 92 valence electrons. The molecule has 0 saturated heterocycles. The van der Waals surface area contributed by atoms with Crippen LogP contribution in [0.15, 0.2) is 18.2 Å². The minimum atomic E-state index is 0.408. The van der Waals surface area contributed by atoms with Gasteiger partial charge in [-0.2, -0.15) is 0 Å². The van der Waals surface area contributed by atoms with E-state index in [-0.39, 0.29) is 0 Å². The molecule has 3 N–H and O–H groups in total. The van der Waals surface area contributed by atoms with Crippen molar-refractivity contribution in [3.05, 3.63) is 28.8 Å². The van der Waals surface area contributed by atoms with Crippen LogP contribution in [-0.4, -0.2) is 11.5 Å². The highest BCUT2D eigenvalue weighted by atomic mass is 35.5. The predicted molar refractivity (Wildman–Crippen MR) is 77.8 cm³/mol. The number of hydrogen-bond donors (Lipinski definition) is 2. The van der Waals surface area contributed by atoms with E-state index in [1.807, 2.05) is 18.2 Å². The number of hydrogen-bond acceptors (Lipinski definition) is 2. The summed E-state index contributed by atoms with van der Waals surface area (Å²) >= 11 is 11.0. The summed E-state index contributed by atoms with van der Waals surface area (Å²) in [5.41, 5.74) is 8.00. The van der Waals surface area contributed by atoms with Gasteiger partial charge in [-0.15, -0.1) is 0 Å². The van der Waals surface area contributed by atoms with Gasteiger partial charge in [0.2, 0.25) is 0 Å². The highest BCUT2D eigenvalue weighted by Gasteiger charge is 2.40. The topological polar surface area (TPSA) is 38.0 Å². The van der Waals surface area contributed by atoms with Crippen molar-refractivity contribution < 1.29 is 0 Å². The molecule has 1 saturated carbocycles. The van der Waals surface area contributed by atoms with E-state index in [1.165, 1.54) is 19.3 Å². The fraction of sp³-hybridized carbons (Fsp3) is 0.462. The van der Waals surface area contributed by atoms with Crippen LogP contribution < -0.4 is 11.1 Å². The summed E-state index contributed by atoms with van der Waals surface area (Å²) in [6, 6.07) is 5.58. The zero-order chi connectivity index (χ0) is 12.5. The maximum atomic E-state index is 6.00. The van der Waals surface area contributed by atoms with Gasteiger partial charge < -0.3 is 11.1 Å². The fourth-order valence-corrected chi connectivity index (χ4v) is 2.34. The minimum Gasteiger partial charge on any atom is -0.389 e. The molecule has 0 aromatic heterocycles. The summed E-state index contributed by atoms with van der Waals surface area (Å²) in [4.78, 5) is 0.408. The average molecular weight is 269 g/mol. The van der Waals surface area contributed by atoms with Crippen molar-refractivity contribution in [1.82, 2.24) is 0 Å². The van der Waals surface area contributed by atoms with Crippen molar-refractivity contribution in [2.45, 2.75) is 26.2 Å². The Labute approximate surface area is 113 Å². The second-order valence-corrected chi connectivity index (χ2v) is 5.64. The van der Waals surface area contributed by atoms with Crippen LogP contribution in [-0.2, 0) is 0 Å². The Kier molecular flexibility index (Phi) is 3.59. The zero-order valence-corrected chi connectivity index (χ0v) is 11.5. The summed E-state index contributed by atoms with van der Waals surface area (Å²) in [6.07, 6.45) is 3.82. The third-order valence-electron chi connectivity index (χ3n) is 3.61. The lowest BCUT2D eigenvalue weighted by Gasteiger charge is -2.17. The first-order valence-electron chi connectivity index (χ1n) is 5.89. The highest BCUT2D eigenvalue weighted by Crippen LogP contribution is 2.48. The quantitative estimate of drug-likeness (QED) is 0.802. The molecule has 0 spiro atoms. The van der Waals surface area contributed by atoms with Crippen molar-refractivity contribution in [2.75, 3.05) is 11.9 Å². The molecular formula is C13H17ClN2S. The predicted octanol–water partition coefficient (Wildman–Crippen LogP) is 3.58. The van der Waals surface area contributed by atoms with Gasteiger partial charge in [-0.05, 0) is 42.9 Å². The van der Waals surface area contributed by atoms with Gasteiger partial charge in [-0.3, -0.25) is 0 Å². The molecule has 1 fully saturated rings. The average Bonchev–Trinajstić information content (AvgIpc) is 3.07. The van der Waals surface area contributed by atoms with E-state index in [4.69, 9.17) is 29.6 Å². The van der Waals surface area contributed by atoms with Crippen LogP contribution in [0.5, 0.6) is 0 Å². The van der Waals surface area contributed by atoms with Crippen LogP contribution in [0.1, 0.15) is 31.7 Å². The van der Waals surface area contributed by atoms with E-state index >= 15 is 0 Å². The molecule has 2 rings (SSSR count). The molecule has 0 atom stereocenters. The summed E-state index contributed by atoms with van der Waals surface area (Å²) in [7, 11) is 0. The first kappa shape index (κ1) is 12.7. The lowest BCUT2D eigenvalue weighted by molar-refractivity contribution is 0.521. The molecule has 4 heteroatoms. The molecule has 1 aromatic rings. The van der Waals surface area contributed by atoms with Gasteiger partial charge in [-0.25, -0.2) is 0 Å². The van der Waals surface area contributed by atoms with Gasteiger partial charge in [0, 0.05) is 22.8 Å². The molecule has 1 aliphatic rings. The first-order valence-corrected chi connectivity index (χ1v) is 6.68. The van der Waals surface area contributed by atoms with Gasteiger partial charge in [0.05, 0.1) is 0 Å². The van der Waals surface area contributed by atoms with Gasteiger partial charge in [0.1, 0.15) is 4.99 Å². The lowest BCUT2D eigenvalue weighted by atomic mass is 10.0. The second-order valence-electron chi connectivity index (χ2n) is 4.76. The van der Waals surface area contributed by atoms with Gasteiger partial charge in [0.25, 0.3) is 0 Å². The van der Waals surface area contributed by atoms with E-state index in [9.17, 15) is 0 Å². The van der Waals surface area contributed by atoms with E-state index in [2.05, 4.69) is 12.2 Å². The van der Waals surface area contributed by atoms with Crippen molar-refractivity contribution in [3.63, 3.8) is 0 Å². The number of anilines is 1. The van der Waals surface area contributed by atoms with Gasteiger partial charge in [0.15, 0.2) is 0 Å². The van der Waals surface area contributed by atoms with E-state index in [1.54, 1.807) is 0 Å². The van der Waals surface area contributed by atoms with Crippen molar-refractivity contribution in [2.24, 2.45) is 11.1 Å². The highest BCUT2D eigenvalue weighted by molar-refractivity contribution is 7.80. The van der Waals surface area contributed by atoms with Crippen molar-refractivity contribution >= 4 is 34.5 Å². The maximum Gasteiger partial charge on any atom is 0.106 e. The number of thiocarbonyl (C=S) groups is 1. The number of rotatable bonds is 5. The Hall–Kier alpha value is -0.800. The van der Waals surface area contributed by atoms with Crippen LogP contribution in [0.2, 0.25) is 5.02 Å². The SMILES string of the molecule is CCC1(CNc2cc(Cl)ccc2C(N)=S)CC1. The number of nitrogens with two attached hydrogens (primary N) is 1. The standard InChI is InChI=1S/C13H17ClN2S/c1-2-13(5-6-13)8-16-11-7-9(14)3-4-10(11)12(15)17/h3-4,7,16H,2,5-6,8H2,1H3,(H2,15,17). The monoisotopic (exact) mass is 268 g/mol. The molecule has 0 heterocycles. The van der Waals surface area contributed by atoms with E-state index in [0.717, 1.165) is 17.8 Å². The Bertz CT molecular complexity index is 441. The minimum absolute atomic E-state index is 0.408. The van der Waals surface area contributed by atoms with Crippen molar-refractivity contribution in [1.29, 1.82) is 0 Å². The molecule has 2 nitrogen and oxygen atoms in total. The molecule has 0 bridgehead atoms. The number of benzene rings is 1. The molecule has 0 aliphatic heterocycles. The third kappa shape index (κ3) is 2.90. The van der Waals surface area contributed by atoms with E-state index < -0.39 is 0 Å². The Morgan fingerprint density at radius 1 is 1.53 bits per heavy atom. The zero-order valence-electron chi connectivity index (χ0n) is 9.92. The molecule has 1 aliphatic carbocycles. The Morgan fingerprint density at radius 2 is 2.24 bits per heavy atom. The van der Waals surface area contributed by atoms with Crippen molar-refractivity contribution in [3.8, 4) is 0 Å². The van der Waals surface area contributed by atoms with Crippen LogP contribution in [0.3, 0.4) is 0 Å². The summed E-state index contributed by atoms with van der Waals surface area (Å²) in [5, 5.41) is 4.14. The molecule has 0 amide bonds. The second kappa shape index (κ2) is 4.83. The maximum absolute atomic E-state index is 6.00. The first-order chi connectivity index (χ1) is 8.06. The number of nitrogens with one attached hydrogen (secondary N) is 1. The molecule has 17 heavy (non-hydrogen) atoms. The van der Waals surface area contributed by atoms with Crippen LogP contribution in [0.4, 0.5) is 5.69 Å². The van der Waals surface area contributed by atoms with Gasteiger partial charge in [-0.1, -0.05) is 30.7 Å². The van der Waals surface area contributed by atoms with E-state index in [0.29, 0.717) is 15.4 Å². The smallest absolute Gasteiger partial charge is 0.106 e. The van der Waals surface area contributed by atoms with Crippen LogP contribution >= 0.6 is 23.8 Å². The Morgan fingerprint density at radius 3 is 2.76 bits per heavy atom. The third-order valence-corrected chi connectivity index (χ3v) is 4.06. The molecule has 0 radical (unpaired) electrons. The lowest BCUT2D eigenvalue weighted by Crippen LogP contribution is -2.18. The molecular weight excluding hydrogens is 252 g/mol. The normalized spacial score (nSPS) is 16.6. The fourth-order valence-electron chi connectivity index (χ4n) is 1.99. The molecule has 1 aromatic carbocycles. The van der Waals surface area contributed by atoms with Crippen LogP contribution in [0, 0.1) is 5.41 Å². The largest absolute Gasteiger partial charge is 0.389 e. The number of halogens is 1. The molecule has 0 unspecified atom stereocenters. The van der Waals surface area contributed by atoms with Crippen LogP contribution in [0.25, 0.3) is 0 Å².